The fraction of sp³-hybridized carbons (Fsp3) is 0.471. The molecule has 0 fully saturated rings. The number of hydrazone groups is 1. The highest BCUT2D eigenvalue weighted by Gasteiger charge is 2.39. The summed E-state index contributed by atoms with van der Waals surface area (Å²) in [5, 5.41) is 16.5. The smallest absolute Gasteiger partial charge is 0.322 e. The molecule has 28 heavy (non-hydrogen) atoms. The lowest BCUT2D eigenvalue weighted by atomic mass is 9.94. The first-order valence-corrected chi connectivity index (χ1v) is 8.43. The van der Waals surface area contributed by atoms with Gasteiger partial charge in [-0.15, -0.1) is 0 Å². The Hall–Kier alpha value is -2.98. The normalized spacial score (nSPS) is 12.1. The van der Waals surface area contributed by atoms with E-state index in [0.29, 0.717) is 13.1 Å². The molecule has 0 N–H and O–H groups in total. The second kappa shape index (κ2) is 9.81. The minimum Gasteiger partial charge on any atom is -0.465 e. The maximum Gasteiger partial charge on any atom is 0.322 e. The Morgan fingerprint density at radius 1 is 1.18 bits per heavy atom. The molecule has 0 aliphatic rings. The highest BCUT2D eigenvalue weighted by molar-refractivity contribution is 6.20. The number of ether oxygens (including phenoxy) is 1. The SMILES string of the molecule is CCOC(=O)C(C=NN(CC)CC)C(=O)c1c(F)c(C)c(F)c(F)c1[N+](=O)[O-]. The predicted molar refractivity (Wildman–Crippen MR) is 93.6 cm³/mol. The maximum atomic E-state index is 14.5. The number of Topliss-reactive ketones (excluding diaryl/α,β-unsaturated/α-hetero) is 1. The molecular weight excluding hydrogens is 383 g/mol. The first-order chi connectivity index (χ1) is 13.1. The lowest BCUT2D eigenvalue weighted by Gasteiger charge is -2.16. The molecule has 1 atom stereocenters. The van der Waals surface area contributed by atoms with Crippen molar-refractivity contribution in [2.75, 3.05) is 19.7 Å². The van der Waals surface area contributed by atoms with Crippen molar-refractivity contribution in [3.63, 3.8) is 0 Å². The van der Waals surface area contributed by atoms with E-state index in [1.165, 1.54) is 11.9 Å². The summed E-state index contributed by atoms with van der Waals surface area (Å²) >= 11 is 0. The maximum absolute atomic E-state index is 14.5. The first kappa shape index (κ1) is 23.1. The Labute approximate surface area is 159 Å². The van der Waals surface area contributed by atoms with Crippen LogP contribution in [-0.4, -0.2) is 47.6 Å². The highest BCUT2D eigenvalue weighted by atomic mass is 19.2. The number of benzene rings is 1. The molecule has 154 valence electrons. The zero-order chi connectivity index (χ0) is 21.6. The molecule has 1 aromatic carbocycles. The van der Waals surface area contributed by atoms with Crippen molar-refractivity contribution in [3.8, 4) is 0 Å². The molecule has 0 amide bonds. The second-order valence-corrected chi connectivity index (χ2v) is 5.55. The van der Waals surface area contributed by atoms with E-state index in [-0.39, 0.29) is 6.61 Å². The van der Waals surface area contributed by atoms with Crippen molar-refractivity contribution in [2.24, 2.45) is 11.0 Å². The van der Waals surface area contributed by atoms with Crippen molar-refractivity contribution in [1.82, 2.24) is 5.01 Å². The van der Waals surface area contributed by atoms with Gasteiger partial charge in [-0.1, -0.05) is 0 Å². The third kappa shape index (κ3) is 4.65. The third-order valence-corrected chi connectivity index (χ3v) is 3.88. The van der Waals surface area contributed by atoms with Gasteiger partial charge >= 0.3 is 11.7 Å². The lowest BCUT2D eigenvalue weighted by molar-refractivity contribution is -0.388. The fourth-order valence-electron chi connectivity index (χ4n) is 2.33. The summed E-state index contributed by atoms with van der Waals surface area (Å²) in [5.41, 5.74) is -3.95. The van der Waals surface area contributed by atoms with Gasteiger partial charge in [0.15, 0.2) is 17.5 Å². The van der Waals surface area contributed by atoms with E-state index >= 15 is 0 Å². The largest absolute Gasteiger partial charge is 0.465 e. The van der Waals surface area contributed by atoms with Crippen LogP contribution in [-0.2, 0) is 9.53 Å². The van der Waals surface area contributed by atoms with Crippen LogP contribution in [0.15, 0.2) is 5.10 Å². The van der Waals surface area contributed by atoms with Crippen LogP contribution in [0.1, 0.15) is 36.7 Å². The Bertz CT molecular complexity index is 810. The first-order valence-electron chi connectivity index (χ1n) is 8.43. The van der Waals surface area contributed by atoms with Gasteiger partial charge in [0, 0.05) is 24.9 Å². The molecule has 8 nitrogen and oxygen atoms in total. The van der Waals surface area contributed by atoms with Gasteiger partial charge in [0.1, 0.15) is 11.4 Å². The predicted octanol–water partition coefficient (Wildman–Crippen LogP) is 3.01. The monoisotopic (exact) mass is 403 g/mol. The number of carbonyl (C=O) groups excluding carboxylic acids is 2. The van der Waals surface area contributed by atoms with Crippen LogP contribution in [0.3, 0.4) is 0 Å². The van der Waals surface area contributed by atoms with Crippen LogP contribution in [0, 0.1) is 40.4 Å². The molecule has 1 aromatic rings. The molecule has 1 unspecified atom stereocenters. The third-order valence-electron chi connectivity index (χ3n) is 3.88. The molecule has 1 rings (SSSR count). The standard InChI is InChI=1S/C17H20F3N3O5/c1-5-22(6-2)21-8-10(17(25)28-7-3)16(24)11-12(18)9(4)13(19)14(20)15(11)23(26)27/h8,10H,5-7H2,1-4H3. The van der Waals surface area contributed by atoms with Crippen LogP contribution in [0.4, 0.5) is 18.9 Å². The molecule has 0 saturated carbocycles. The van der Waals surface area contributed by atoms with Gasteiger partial charge in [0.25, 0.3) is 0 Å². The van der Waals surface area contributed by atoms with Gasteiger partial charge in [-0.25, -0.2) is 8.78 Å². The summed E-state index contributed by atoms with van der Waals surface area (Å²) in [7, 11) is 0. The molecule has 0 aliphatic carbocycles. The van der Waals surface area contributed by atoms with Crippen molar-refractivity contribution < 1.29 is 32.4 Å². The van der Waals surface area contributed by atoms with Crippen molar-refractivity contribution in [3.05, 3.63) is 38.7 Å². The number of carbonyl (C=O) groups is 2. The van der Waals surface area contributed by atoms with Gasteiger partial charge in [-0.3, -0.25) is 24.7 Å². The summed E-state index contributed by atoms with van der Waals surface area (Å²) in [4.78, 5) is 34.7. The average Bonchev–Trinajstić information content (AvgIpc) is 2.65. The molecule has 0 aromatic heterocycles. The number of esters is 1. The minimum atomic E-state index is -1.99. The number of nitro groups is 1. The summed E-state index contributed by atoms with van der Waals surface area (Å²) in [6.07, 6.45) is 0.840. The highest BCUT2D eigenvalue weighted by Crippen LogP contribution is 2.32. The molecule has 0 bridgehead atoms. The number of rotatable bonds is 9. The van der Waals surface area contributed by atoms with E-state index in [1.807, 2.05) is 0 Å². The van der Waals surface area contributed by atoms with Gasteiger partial charge in [-0.05, 0) is 27.7 Å². The number of nitrogens with zero attached hydrogens (tertiary/aromatic N) is 3. The Morgan fingerprint density at radius 3 is 2.21 bits per heavy atom. The molecule has 0 radical (unpaired) electrons. The van der Waals surface area contributed by atoms with E-state index in [0.717, 1.165) is 13.1 Å². The van der Waals surface area contributed by atoms with E-state index in [9.17, 15) is 32.9 Å². The van der Waals surface area contributed by atoms with Crippen molar-refractivity contribution in [1.29, 1.82) is 0 Å². The van der Waals surface area contributed by atoms with Gasteiger partial charge in [0.2, 0.25) is 5.82 Å². The fourth-order valence-corrected chi connectivity index (χ4v) is 2.33. The van der Waals surface area contributed by atoms with Crippen LogP contribution in [0.5, 0.6) is 0 Å². The minimum absolute atomic E-state index is 0.136. The summed E-state index contributed by atoms with van der Waals surface area (Å²) in [6.45, 7) is 6.44. The molecule has 0 saturated heterocycles. The van der Waals surface area contributed by atoms with Crippen LogP contribution in [0.25, 0.3) is 0 Å². The van der Waals surface area contributed by atoms with Crippen LogP contribution in [0.2, 0.25) is 0 Å². The molecule has 0 aliphatic heterocycles. The topological polar surface area (TPSA) is 102 Å². The number of hydrogen-bond acceptors (Lipinski definition) is 7. The van der Waals surface area contributed by atoms with E-state index in [1.54, 1.807) is 13.8 Å². The van der Waals surface area contributed by atoms with E-state index < -0.39 is 56.9 Å². The zero-order valence-corrected chi connectivity index (χ0v) is 15.8. The molecule has 0 heterocycles. The molecular formula is C17H20F3N3O5. The molecule has 0 spiro atoms. The number of halogens is 3. The molecule has 11 heteroatoms. The number of hydrogen-bond donors (Lipinski definition) is 0. The van der Waals surface area contributed by atoms with Crippen molar-refractivity contribution in [2.45, 2.75) is 27.7 Å². The lowest BCUT2D eigenvalue weighted by Crippen LogP contribution is -2.31. The van der Waals surface area contributed by atoms with Gasteiger partial charge in [-0.2, -0.15) is 9.49 Å². The quantitative estimate of drug-likeness (QED) is 0.119. The average molecular weight is 403 g/mol. The number of ketones is 1. The van der Waals surface area contributed by atoms with E-state index in [2.05, 4.69) is 5.10 Å². The summed E-state index contributed by atoms with van der Waals surface area (Å²) in [5.74, 6) is -9.89. The van der Waals surface area contributed by atoms with Gasteiger partial charge < -0.3 is 4.74 Å². The van der Waals surface area contributed by atoms with Crippen LogP contribution >= 0.6 is 0 Å². The Kier molecular flexibility index (Phi) is 8.08. The zero-order valence-electron chi connectivity index (χ0n) is 15.8. The van der Waals surface area contributed by atoms with E-state index in [4.69, 9.17) is 4.74 Å². The Balaban J connectivity index is 3.63. The second-order valence-electron chi connectivity index (χ2n) is 5.55. The summed E-state index contributed by atoms with van der Waals surface area (Å²) < 4.78 is 47.0. The Morgan fingerprint density at radius 2 is 1.75 bits per heavy atom. The van der Waals surface area contributed by atoms with Crippen LogP contribution < -0.4 is 0 Å². The van der Waals surface area contributed by atoms with Gasteiger partial charge in [0.05, 0.1) is 11.5 Å². The van der Waals surface area contributed by atoms with Crippen molar-refractivity contribution >= 4 is 23.7 Å². The summed E-state index contributed by atoms with van der Waals surface area (Å²) in [6, 6.07) is 0. The number of nitro benzene ring substituents is 1.